The van der Waals surface area contributed by atoms with Gasteiger partial charge in [-0.15, -0.1) is 11.3 Å². The van der Waals surface area contributed by atoms with Crippen molar-refractivity contribution in [3.05, 3.63) is 51.8 Å². The summed E-state index contributed by atoms with van der Waals surface area (Å²) in [7, 11) is 3.25. The quantitative estimate of drug-likeness (QED) is 0.291. The maximum Gasteiger partial charge on any atom is 0.120 e. The van der Waals surface area contributed by atoms with Gasteiger partial charge in [0.1, 0.15) is 16.4 Å². The summed E-state index contributed by atoms with van der Waals surface area (Å²) in [5.41, 5.74) is 4.87. The second-order valence-electron chi connectivity index (χ2n) is 7.71. The molecule has 1 aromatic rings. The molecule has 4 nitrogen and oxygen atoms in total. The summed E-state index contributed by atoms with van der Waals surface area (Å²) in [6, 6.07) is 0. The second kappa shape index (κ2) is 15.0. The molecule has 1 aliphatic heterocycles. The van der Waals surface area contributed by atoms with Gasteiger partial charge in [-0.3, -0.25) is 4.99 Å². The predicted molar refractivity (Wildman–Crippen MR) is 141 cm³/mol. The molecule has 3 rings (SSSR count). The van der Waals surface area contributed by atoms with E-state index in [0.717, 1.165) is 67.0 Å². The first-order chi connectivity index (χ1) is 15.6. The molecule has 2 heterocycles. The molecule has 0 unspecified atom stereocenters. The van der Waals surface area contributed by atoms with Crippen LogP contribution in [0, 0.1) is 0 Å². The molecule has 1 aliphatic carbocycles. The van der Waals surface area contributed by atoms with Crippen LogP contribution in [0.2, 0.25) is 0 Å². The van der Waals surface area contributed by atoms with Gasteiger partial charge in [-0.25, -0.2) is 4.98 Å². The summed E-state index contributed by atoms with van der Waals surface area (Å²) in [5.74, 6) is 1.12. The van der Waals surface area contributed by atoms with Crippen LogP contribution in [0.25, 0.3) is 11.1 Å². The monoisotopic (exact) mass is 458 g/mol. The van der Waals surface area contributed by atoms with Crippen LogP contribution >= 0.6 is 11.3 Å². The van der Waals surface area contributed by atoms with E-state index in [1.165, 1.54) is 11.1 Å². The third kappa shape index (κ3) is 7.28. The largest absolute Gasteiger partial charge is 0.487 e. The lowest BCUT2D eigenvalue weighted by Crippen LogP contribution is -2.26. The topological polar surface area (TPSA) is 43.7 Å². The van der Waals surface area contributed by atoms with Gasteiger partial charge in [0.2, 0.25) is 0 Å². The Kier molecular flexibility index (Phi) is 13.1. The minimum Gasteiger partial charge on any atom is -0.487 e. The molecule has 0 aromatic carbocycles. The predicted octanol–water partition coefficient (Wildman–Crippen LogP) is 8.24. The molecule has 0 atom stereocenters. The summed E-state index contributed by atoms with van der Waals surface area (Å²) in [4.78, 5) is 8.77. The highest BCUT2D eigenvalue weighted by atomic mass is 32.1. The Labute approximate surface area is 199 Å². The fraction of sp³-hybridized carbons (Fsp3) is 0.556. The molecule has 5 heteroatoms. The van der Waals surface area contributed by atoms with Gasteiger partial charge in [-0.1, -0.05) is 46.6 Å². The van der Waals surface area contributed by atoms with Crippen molar-refractivity contribution in [1.29, 1.82) is 0 Å². The molecule has 178 valence electrons. The molecule has 1 fully saturated rings. The average molecular weight is 459 g/mol. The van der Waals surface area contributed by atoms with Gasteiger partial charge < -0.3 is 9.47 Å². The van der Waals surface area contributed by atoms with Crippen molar-refractivity contribution in [3.63, 3.8) is 0 Å². The number of hydrogen-bond donors (Lipinski definition) is 0. The van der Waals surface area contributed by atoms with Gasteiger partial charge in [-0.2, -0.15) is 0 Å². The zero-order valence-electron chi connectivity index (χ0n) is 21.2. The lowest BCUT2D eigenvalue weighted by molar-refractivity contribution is 0.0216. The fourth-order valence-corrected chi connectivity index (χ4v) is 5.15. The average Bonchev–Trinajstić information content (AvgIpc) is 3.41. The fourth-order valence-electron chi connectivity index (χ4n) is 4.22. The highest BCUT2D eigenvalue weighted by molar-refractivity contribution is 7.10. The Morgan fingerprint density at radius 2 is 1.91 bits per heavy atom. The zero-order valence-corrected chi connectivity index (χ0v) is 22.0. The number of hydrogen-bond acceptors (Lipinski definition) is 5. The Morgan fingerprint density at radius 3 is 2.47 bits per heavy atom. The first-order valence-electron chi connectivity index (χ1n) is 11.8. The highest BCUT2D eigenvalue weighted by Crippen LogP contribution is 2.49. The Balaban J connectivity index is 0.000000944. The molecule has 2 aliphatic rings. The van der Waals surface area contributed by atoms with Crippen LogP contribution in [-0.4, -0.2) is 31.5 Å². The van der Waals surface area contributed by atoms with Crippen molar-refractivity contribution < 1.29 is 9.47 Å². The van der Waals surface area contributed by atoms with Gasteiger partial charge in [0.05, 0.1) is 5.69 Å². The number of fused-ring (bicyclic) bond motifs is 1. The van der Waals surface area contributed by atoms with Crippen molar-refractivity contribution >= 4 is 29.2 Å². The minimum atomic E-state index is -0.00675. The first-order valence-corrected chi connectivity index (χ1v) is 12.7. The third-order valence-corrected chi connectivity index (χ3v) is 6.25. The maximum atomic E-state index is 6.55. The summed E-state index contributed by atoms with van der Waals surface area (Å²) in [6.45, 7) is 14.0. The standard InChI is InChI=1S/C23H30N2OS.C2H6O.C2H6/c1-5-12-23(13-6-2)15-19-18(9-8-10-21(19)26-23)22-25-20(16-27-22)17(7-3)11-14-24-4;1-3-2;1-2/h7,10-11,14,16H,4-6,8-9,12-13,15H2,1-3H3;1-2H3;1-2H3/b14-11-,17-7+;;. The van der Waals surface area contributed by atoms with Gasteiger partial charge in [0.15, 0.2) is 0 Å². The molecule has 0 spiro atoms. The molecule has 0 bridgehead atoms. The molecule has 1 saturated heterocycles. The van der Waals surface area contributed by atoms with Gasteiger partial charge in [0.25, 0.3) is 0 Å². The van der Waals surface area contributed by atoms with Crippen LogP contribution in [-0.2, 0) is 9.47 Å². The van der Waals surface area contributed by atoms with Crippen LogP contribution in [0.15, 0.2) is 46.1 Å². The van der Waals surface area contributed by atoms with Crippen LogP contribution in [0.1, 0.15) is 90.3 Å². The lowest BCUT2D eigenvalue weighted by atomic mass is 9.85. The summed E-state index contributed by atoms with van der Waals surface area (Å²) in [5, 5.41) is 3.28. The van der Waals surface area contributed by atoms with E-state index in [4.69, 9.17) is 9.72 Å². The number of methoxy groups -OCH3 is 1. The first kappa shape index (κ1) is 28.1. The van der Waals surface area contributed by atoms with E-state index in [0.29, 0.717) is 0 Å². The number of aromatic nitrogens is 1. The van der Waals surface area contributed by atoms with E-state index in [1.54, 1.807) is 31.8 Å². The molecule has 0 N–H and O–H groups in total. The van der Waals surface area contributed by atoms with E-state index >= 15 is 0 Å². The Bertz CT molecular complexity index is 824. The molecule has 0 amide bonds. The van der Waals surface area contributed by atoms with Gasteiger partial charge >= 0.3 is 0 Å². The zero-order chi connectivity index (χ0) is 24.0. The molecule has 0 saturated carbocycles. The smallest absolute Gasteiger partial charge is 0.120 e. The van der Waals surface area contributed by atoms with Crippen LogP contribution in [0.4, 0.5) is 0 Å². The van der Waals surface area contributed by atoms with E-state index < -0.39 is 0 Å². The van der Waals surface area contributed by atoms with Crippen molar-refractivity contribution in [2.75, 3.05) is 14.2 Å². The highest BCUT2D eigenvalue weighted by Gasteiger charge is 2.42. The minimum absolute atomic E-state index is 0.00675. The molecule has 1 aromatic heterocycles. The summed E-state index contributed by atoms with van der Waals surface area (Å²) < 4.78 is 10.8. The van der Waals surface area contributed by atoms with Crippen molar-refractivity contribution in [2.45, 2.75) is 85.2 Å². The number of rotatable bonds is 8. The second-order valence-corrected chi connectivity index (χ2v) is 8.57. The number of thiazole rings is 1. The number of allylic oxidation sites excluding steroid dienone is 6. The van der Waals surface area contributed by atoms with E-state index in [1.807, 2.05) is 26.8 Å². The van der Waals surface area contributed by atoms with Crippen LogP contribution < -0.4 is 0 Å². The maximum absolute atomic E-state index is 6.55. The Morgan fingerprint density at radius 1 is 1.25 bits per heavy atom. The van der Waals surface area contributed by atoms with E-state index in [9.17, 15) is 0 Å². The normalized spacial score (nSPS) is 17.0. The number of aliphatic imine (C=N–C) groups is 1. The molecular formula is C27H42N2O2S. The van der Waals surface area contributed by atoms with Crippen molar-refractivity contribution in [3.8, 4) is 0 Å². The Hall–Kier alpha value is -1.98. The van der Waals surface area contributed by atoms with Gasteiger partial charge in [-0.05, 0) is 62.6 Å². The SMILES string of the molecule is C=N/C=C\C(=C/C)c1csc(C2=C3CC(CCC)(CCC)OC3=CCC2)n1.CC.COC. The number of ether oxygens (including phenoxy) is 2. The van der Waals surface area contributed by atoms with E-state index in [-0.39, 0.29) is 5.60 Å². The van der Waals surface area contributed by atoms with Crippen LogP contribution in [0.5, 0.6) is 0 Å². The van der Waals surface area contributed by atoms with Crippen molar-refractivity contribution in [1.82, 2.24) is 4.98 Å². The number of nitrogens with zero attached hydrogens (tertiary/aromatic N) is 2. The molecule has 32 heavy (non-hydrogen) atoms. The molecular weight excluding hydrogens is 416 g/mol. The van der Waals surface area contributed by atoms with Crippen LogP contribution in [0.3, 0.4) is 0 Å². The third-order valence-electron chi connectivity index (χ3n) is 5.35. The summed E-state index contributed by atoms with van der Waals surface area (Å²) in [6.07, 6.45) is 15.7. The van der Waals surface area contributed by atoms with Gasteiger partial charge in [0, 0.05) is 37.8 Å². The van der Waals surface area contributed by atoms with E-state index in [2.05, 4.69) is 47.8 Å². The summed E-state index contributed by atoms with van der Waals surface area (Å²) >= 11 is 1.74. The molecule has 0 radical (unpaired) electrons. The lowest BCUT2D eigenvalue weighted by Gasteiger charge is -2.27. The van der Waals surface area contributed by atoms with Crippen molar-refractivity contribution in [2.24, 2.45) is 4.99 Å².